The number of ether oxygens (including phenoxy) is 2. The third-order valence-corrected chi connectivity index (χ3v) is 15.6. The Hall–Kier alpha value is -9.66. The molecule has 0 aliphatic rings. The van der Waals surface area contributed by atoms with Gasteiger partial charge in [0.25, 0.3) is 0 Å². The van der Waals surface area contributed by atoms with Crippen molar-refractivity contribution < 1.29 is 42.2 Å². The number of nitrogens with zero attached hydrogens (tertiary/aromatic N) is 9. The zero-order valence-corrected chi connectivity index (χ0v) is 56.1. The molecule has 21 nitrogen and oxygen atoms in total. The second kappa shape index (κ2) is 36.5. The summed E-state index contributed by atoms with van der Waals surface area (Å²) in [4.78, 5) is 44.2. The maximum absolute atomic E-state index is 12.1. The zero-order chi connectivity index (χ0) is 68.4. The van der Waals surface area contributed by atoms with E-state index in [0.29, 0.717) is 116 Å². The first-order valence-electron chi connectivity index (χ1n) is 29.9. The minimum Gasteiger partial charge on any atom is -0.460 e. The number of benzene rings is 6. The molecule has 3 aromatic heterocycles. The Bertz CT molecular complexity index is 3920. The van der Waals surface area contributed by atoms with Gasteiger partial charge in [0.1, 0.15) is 30.3 Å². The van der Waals surface area contributed by atoms with Crippen molar-refractivity contribution in [2.75, 3.05) is 16.0 Å². The van der Waals surface area contributed by atoms with Gasteiger partial charge >= 0.3 is 11.9 Å². The topological polar surface area (TPSA) is 256 Å². The largest absolute Gasteiger partial charge is 0.460 e. The van der Waals surface area contributed by atoms with E-state index < -0.39 is 36.4 Å². The first kappa shape index (κ1) is 73.4. The van der Waals surface area contributed by atoms with E-state index in [1.165, 1.54) is 0 Å². The smallest absolute Gasteiger partial charge is 0.306 e. The van der Waals surface area contributed by atoms with Crippen LogP contribution in [0.4, 0.5) is 34.1 Å². The van der Waals surface area contributed by atoms with Crippen LogP contribution >= 0.6 is 46.4 Å². The van der Waals surface area contributed by atoms with Crippen LogP contribution in [0.5, 0.6) is 0 Å². The summed E-state index contributed by atoms with van der Waals surface area (Å²) >= 11 is 23.8. The number of hydrogen-bond donors (Lipinski definition) is 4. The Kier molecular flexibility index (Phi) is 28.5. The van der Waals surface area contributed by atoms with Crippen LogP contribution in [0.1, 0.15) is 133 Å². The van der Waals surface area contributed by atoms with Crippen LogP contribution in [-0.4, -0.2) is 71.2 Å². The quantitative estimate of drug-likeness (QED) is 0.0264. The van der Waals surface area contributed by atoms with Crippen molar-refractivity contribution in [2.24, 2.45) is 0 Å². The summed E-state index contributed by atoms with van der Waals surface area (Å²) in [6.07, 6.45) is 1.39. The monoisotopic (exact) mass is 1350 g/mol. The van der Waals surface area contributed by atoms with E-state index in [-0.39, 0.29) is 34.9 Å². The molecule has 6 aromatic carbocycles. The van der Waals surface area contributed by atoms with E-state index in [4.69, 9.17) is 88.8 Å². The number of halogens is 4. The molecular formula is C69H70Cl4N12O9. The normalized spacial score (nSPS) is 12.5. The van der Waals surface area contributed by atoms with E-state index >= 15 is 0 Å². The maximum atomic E-state index is 12.1. The molecule has 488 valence electrons. The van der Waals surface area contributed by atoms with Gasteiger partial charge in [-0.05, 0) is 144 Å². The van der Waals surface area contributed by atoms with Crippen LogP contribution in [0, 0.1) is 40.5 Å². The number of anilines is 3. The molecule has 0 aliphatic carbocycles. The fourth-order valence-electron chi connectivity index (χ4n) is 8.84. The fourth-order valence-corrected chi connectivity index (χ4v) is 9.65. The van der Waals surface area contributed by atoms with Crippen molar-refractivity contribution >= 4 is 97.7 Å². The molecule has 3 heterocycles. The van der Waals surface area contributed by atoms with E-state index in [2.05, 4.69) is 61.1 Å². The lowest BCUT2D eigenvalue weighted by atomic mass is 10.1. The highest BCUT2D eigenvalue weighted by atomic mass is 35.5. The van der Waals surface area contributed by atoms with Crippen molar-refractivity contribution in [3.8, 4) is 34.4 Å². The van der Waals surface area contributed by atoms with Gasteiger partial charge in [0.15, 0.2) is 0 Å². The Labute approximate surface area is 566 Å². The minimum atomic E-state index is -0.794. The number of rotatable bonds is 23. The molecule has 0 radical (unpaired) electrons. The number of hydrogen-bond acceptors (Lipinski definition) is 18. The molecule has 25 heteroatoms. The Morgan fingerprint density at radius 1 is 0.468 bits per heavy atom. The van der Waals surface area contributed by atoms with E-state index in [9.17, 15) is 19.5 Å². The summed E-state index contributed by atoms with van der Waals surface area (Å²) in [6.45, 7) is 37.9. The molecule has 0 spiro atoms. The number of aliphatic hydroxyl groups excluding tert-OH is 1. The molecule has 0 amide bonds. The van der Waals surface area contributed by atoms with Gasteiger partial charge < -0.3 is 43.8 Å². The first-order valence-corrected chi connectivity index (χ1v) is 31.4. The molecule has 0 fully saturated rings. The average molecular weight is 1350 g/mol. The van der Waals surface area contributed by atoms with Crippen LogP contribution in [-0.2, 0) is 23.9 Å². The van der Waals surface area contributed by atoms with Crippen molar-refractivity contribution in [3.63, 3.8) is 0 Å². The number of nitrogens with one attached hydrogen (secondary N) is 3. The molecule has 94 heavy (non-hydrogen) atoms. The summed E-state index contributed by atoms with van der Waals surface area (Å²) in [7, 11) is 0. The highest BCUT2D eigenvalue weighted by Gasteiger charge is 2.32. The molecular weight excluding hydrogens is 1280 g/mol. The number of aliphatic hydroxyl groups is 1. The van der Waals surface area contributed by atoms with Crippen LogP contribution in [0.15, 0.2) is 141 Å². The third kappa shape index (κ3) is 20.4. The SMILES string of the molecule is CCCC(=O)Cl.[C-]#[N+]c1ccc(N[C@@H](c2nnc(-c3ccccc3)o2)[C@H](C)O)c(C)c1Cl.[C-]#[N+]c1ccc(N[C@@H](c2nnc(-c3ccccc3)o2)[C@H](C)OC(=O)CCC)c(C)c1Cl.[C-]#[N+]c1ccc(N[C@@H](c2nnc(-c3ccccc3)o2)[C@H](C)OC(=O)CCC)c(C)c1Cl. The van der Waals surface area contributed by atoms with Gasteiger partial charge in [0.05, 0.1) is 40.9 Å². The second-order valence-corrected chi connectivity index (χ2v) is 22.6. The maximum Gasteiger partial charge on any atom is 0.306 e. The molecule has 6 atom stereocenters. The summed E-state index contributed by atoms with van der Waals surface area (Å²) in [5.41, 5.74) is 7.67. The van der Waals surface area contributed by atoms with E-state index in [1.54, 1.807) is 57.2 Å². The van der Waals surface area contributed by atoms with Crippen molar-refractivity contribution in [3.05, 3.63) is 211 Å². The molecule has 0 unspecified atom stereocenters. The molecule has 4 N–H and O–H groups in total. The Morgan fingerprint density at radius 3 is 1.01 bits per heavy atom. The lowest BCUT2D eigenvalue weighted by Gasteiger charge is -2.24. The van der Waals surface area contributed by atoms with Gasteiger partial charge in [0, 0.05) is 53.0 Å². The number of carbonyl (C=O) groups is 3. The molecule has 0 aliphatic heterocycles. The summed E-state index contributed by atoms with van der Waals surface area (Å²) in [6, 6.07) is 36.6. The van der Waals surface area contributed by atoms with Crippen molar-refractivity contribution in [1.29, 1.82) is 0 Å². The Morgan fingerprint density at radius 2 is 0.755 bits per heavy atom. The fraction of sp³-hybridized carbons (Fsp3) is 0.304. The molecule has 9 rings (SSSR count). The van der Waals surface area contributed by atoms with Crippen LogP contribution in [0.3, 0.4) is 0 Å². The third-order valence-electron chi connectivity index (χ3n) is 14.0. The summed E-state index contributed by atoms with van der Waals surface area (Å²) in [5, 5.41) is 45.7. The van der Waals surface area contributed by atoms with Crippen molar-refractivity contribution in [2.45, 2.75) is 137 Å². The van der Waals surface area contributed by atoms with Gasteiger partial charge in [-0.25, -0.2) is 14.5 Å². The predicted octanol–water partition coefficient (Wildman–Crippen LogP) is 18.6. The molecule has 9 aromatic rings. The standard InChI is InChI=1S/2C23H23ClN4O3.C19H17ClN4O2.C4H7ClO/c2*1-5-9-19(29)30-15(3)21(26-17-12-13-18(25-4)20(24)14(17)2)23-28-27-22(31-23)16-10-7-6-8-11-16;1-11-14(9-10-15(21-3)16(11)20)22-17(12(2)25)19-24-23-18(26-19)13-7-5-4-6-8-13;1-2-3-4(5)6/h2*6-8,10-13,15,21,26H,5,9H2,1-3H3;4-10,12,17,22,25H,1-2H3;2-3H2,1H3/t2*15-,21+;12-,17+;/m000./s1. The predicted molar refractivity (Wildman–Crippen MR) is 364 cm³/mol. The van der Waals surface area contributed by atoms with Gasteiger partial charge in [-0.3, -0.25) is 14.4 Å². The summed E-state index contributed by atoms with van der Waals surface area (Å²) < 4.78 is 28.8. The molecule has 0 bridgehead atoms. The minimum absolute atomic E-state index is 0.238. The number of esters is 2. The Balaban J connectivity index is 0.000000214. The lowest BCUT2D eigenvalue weighted by molar-refractivity contribution is -0.150. The van der Waals surface area contributed by atoms with Gasteiger partial charge in [-0.2, -0.15) is 0 Å². The van der Waals surface area contributed by atoms with Gasteiger partial charge in [0.2, 0.25) is 57.6 Å². The van der Waals surface area contributed by atoms with Gasteiger partial charge in [-0.15, -0.1) is 30.6 Å². The molecule has 0 saturated carbocycles. The van der Waals surface area contributed by atoms with Crippen LogP contribution in [0.2, 0.25) is 15.1 Å². The zero-order valence-electron chi connectivity index (χ0n) is 53.1. The number of aromatic nitrogens is 6. The molecule has 0 saturated heterocycles. The van der Waals surface area contributed by atoms with Crippen LogP contribution < -0.4 is 16.0 Å². The average Bonchev–Trinajstić information content (AvgIpc) is 1.45. The van der Waals surface area contributed by atoms with Gasteiger partial charge in [-0.1, -0.05) is 128 Å². The van der Waals surface area contributed by atoms with E-state index in [0.717, 1.165) is 23.1 Å². The van der Waals surface area contributed by atoms with E-state index in [1.807, 2.05) is 133 Å². The second-order valence-electron chi connectivity index (χ2n) is 21.1. The summed E-state index contributed by atoms with van der Waals surface area (Å²) in [5.74, 6) is 1.33. The lowest BCUT2D eigenvalue weighted by Crippen LogP contribution is -2.28. The van der Waals surface area contributed by atoms with Crippen molar-refractivity contribution in [1.82, 2.24) is 30.6 Å². The van der Waals surface area contributed by atoms with Crippen LogP contribution in [0.25, 0.3) is 48.9 Å². The highest BCUT2D eigenvalue weighted by molar-refractivity contribution is 6.63. The highest BCUT2D eigenvalue weighted by Crippen LogP contribution is 2.39. The first-order chi connectivity index (χ1) is 45.2. The number of carbonyl (C=O) groups excluding carboxylic acids is 3.